The van der Waals surface area contributed by atoms with Gasteiger partial charge >= 0.3 is 0 Å². The Hall–Kier alpha value is -1.29. The van der Waals surface area contributed by atoms with Crippen molar-refractivity contribution < 1.29 is 0 Å². The molecule has 1 aliphatic rings. The third-order valence-corrected chi connectivity index (χ3v) is 2.68. The normalized spacial score (nSPS) is 15.4. The van der Waals surface area contributed by atoms with Crippen LogP contribution >= 0.6 is 0 Å². The Morgan fingerprint density at radius 2 is 2.23 bits per heavy atom. The van der Waals surface area contributed by atoms with Crippen LogP contribution in [0.2, 0.25) is 0 Å². The lowest BCUT2D eigenvalue weighted by molar-refractivity contribution is 0.826. The van der Waals surface area contributed by atoms with Gasteiger partial charge in [0.2, 0.25) is 0 Å². The van der Waals surface area contributed by atoms with Crippen molar-refractivity contribution in [2.45, 2.75) is 26.2 Å². The van der Waals surface area contributed by atoms with Crippen molar-refractivity contribution in [3.63, 3.8) is 0 Å². The Morgan fingerprint density at radius 1 is 1.46 bits per heavy atom. The summed E-state index contributed by atoms with van der Waals surface area (Å²) >= 11 is 0. The maximum Gasteiger partial charge on any atom is 0.0991 e. The Bertz CT molecular complexity index is 356. The highest BCUT2D eigenvalue weighted by molar-refractivity contribution is 5.37. The lowest BCUT2D eigenvalue weighted by Crippen LogP contribution is -1.91. The monoisotopic (exact) mass is 171 g/mol. The van der Waals surface area contributed by atoms with E-state index in [0.717, 1.165) is 11.5 Å². The molecule has 1 fully saturated rings. The fraction of sp³-hybridized carbons (Fsp3) is 0.417. The van der Waals surface area contributed by atoms with Gasteiger partial charge in [0.1, 0.15) is 0 Å². The molecule has 0 bridgehead atoms. The van der Waals surface area contributed by atoms with Crippen LogP contribution in [0.1, 0.15) is 29.5 Å². The van der Waals surface area contributed by atoms with Gasteiger partial charge in [0.15, 0.2) is 0 Å². The molecule has 0 N–H and O–H groups in total. The number of nitrogens with zero attached hydrogens (tertiary/aromatic N) is 1. The maximum atomic E-state index is 8.70. The molecule has 13 heavy (non-hydrogen) atoms. The summed E-state index contributed by atoms with van der Waals surface area (Å²) in [5.74, 6) is 0.923. The van der Waals surface area contributed by atoms with E-state index in [9.17, 15) is 0 Å². The van der Waals surface area contributed by atoms with E-state index in [0.29, 0.717) is 0 Å². The molecule has 0 spiro atoms. The molecule has 1 aromatic carbocycles. The first kappa shape index (κ1) is 8.31. The topological polar surface area (TPSA) is 23.8 Å². The molecule has 1 aliphatic carbocycles. The van der Waals surface area contributed by atoms with Crippen LogP contribution < -0.4 is 0 Å². The minimum Gasteiger partial charge on any atom is -0.192 e. The second-order valence-corrected chi connectivity index (χ2v) is 3.90. The van der Waals surface area contributed by atoms with Crippen LogP contribution in [0, 0.1) is 24.2 Å². The summed E-state index contributed by atoms with van der Waals surface area (Å²) in [6.07, 6.45) is 3.98. The quantitative estimate of drug-likeness (QED) is 0.671. The number of hydrogen-bond donors (Lipinski definition) is 0. The number of rotatable bonds is 2. The van der Waals surface area contributed by atoms with E-state index in [4.69, 9.17) is 5.26 Å². The van der Waals surface area contributed by atoms with Gasteiger partial charge in [-0.05, 0) is 55.4 Å². The van der Waals surface area contributed by atoms with Crippen molar-refractivity contribution in [1.29, 1.82) is 5.26 Å². The molecule has 0 aromatic heterocycles. The Kier molecular flexibility index (Phi) is 2.06. The van der Waals surface area contributed by atoms with Crippen LogP contribution in [0.25, 0.3) is 0 Å². The Balaban J connectivity index is 2.21. The van der Waals surface area contributed by atoms with E-state index >= 15 is 0 Å². The zero-order valence-electron chi connectivity index (χ0n) is 7.88. The summed E-state index contributed by atoms with van der Waals surface area (Å²) in [5, 5.41) is 8.70. The standard InChI is InChI=1S/C12H13N/c1-9-6-11(8-13)4-5-12(9)7-10-2-3-10/h4-6,10H,2-3,7H2,1H3. The van der Waals surface area contributed by atoms with Crippen LogP contribution in [0.4, 0.5) is 0 Å². The fourth-order valence-corrected chi connectivity index (χ4v) is 1.63. The highest BCUT2D eigenvalue weighted by Crippen LogP contribution is 2.33. The number of hydrogen-bond acceptors (Lipinski definition) is 1. The van der Waals surface area contributed by atoms with Gasteiger partial charge in [0.25, 0.3) is 0 Å². The van der Waals surface area contributed by atoms with E-state index in [1.807, 2.05) is 12.1 Å². The van der Waals surface area contributed by atoms with E-state index in [-0.39, 0.29) is 0 Å². The average molecular weight is 171 g/mol. The SMILES string of the molecule is Cc1cc(C#N)ccc1CC1CC1. The van der Waals surface area contributed by atoms with Crippen molar-refractivity contribution in [2.75, 3.05) is 0 Å². The van der Waals surface area contributed by atoms with E-state index in [2.05, 4.69) is 19.1 Å². The number of aryl methyl sites for hydroxylation is 1. The summed E-state index contributed by atoms with van der Waals surface area (Å²) in [6, 6.07) is 8.17. The third-order valence-electron chi connectivity index (χ3n) is 2.68. The minimum absolute atomic E-state index is 0.775. The molecule has 1 aromatic rings. The third kappa shape index (κ3) is 1.89. The zero-order chi connectivity index (χ0) is 9.26. The van der Waals surface area contributed by atoms with Gasteiger partial charge < -0.3 is 0 Å². The van der Waals surface area contributed by atoms with Crippen LogP contribution in [-0.4, -0.2) is 0 Å². The molecular formula is C12H13N. The van der Waals surface area contributed by atoms with Gasteiger partial charge in [-0.25, -0.2) is 0 Å². The summed E-state index contributed by atoms with van der Waals surface area (Å²) in [6.45, 7) is 2.10. The van der Waals surface area contributed by atoms with Gasteiger partial charge in [-0.2, -0.15) is 5.26 Å². The van der Waals surface area contributed by atoms with E-state index in [1.54, 1.807) is 0 Å². The molecule has 0 radical (unpaired) electrons. The Labute approximate surface area is 79.0 Å². The van der Waals surface area contributed by atoms with Gasteiger partial charge in [0.05, 0.1) is 11.6 Å². The summed E-state index contributed by atoms with van der Waals surface area (Å²) < 4.78 is 0. The molecule has 2 rings (SSSR count). The first-order chi connectivity index (χ1) is 6.29. The number of nitriles is 1. The molecule has 0 unspecified atom stereocenters. The van der Waals surface area contributed by atoms with Gasteiger partial charge in [0, 0.05) is 0 Å². The molecule has 0 aliphatic heterocycles. The molecule has 66 valence electrons. The highest BCUT2D eigenvalue weighted by Gasteiger charge is 2.21. The van der Waals surface area contributed by atoms with Crippen LogP contribution in [0.5, 0.6) is 0 Å². The van der Waals surface area contributed by atoms with Crippen molar-refractivity contribution in [1.82, 2.24) is 0 Å². The largest absolute Gasteiger partial charge is 0.192 e. The van der Waals surface area contributed by atoms with Crippen LogP contribution in [-0.2, 0) is 6.42 Å². The molecule has 0 heterocycles. The molecular weight excluding hydrogens is 158 g/mol. The second kappa shape index (κ2) is 3.22. The smallest absolute Gasteiger partial charge is 0.0991 e. The van der Waals surface area contributed by atoms with E-state index in [1.165, 1.54) is 30.4 Å². The number of benzene rings is 1. The van der Waals surface area contributed by atoms with E-state index < -0.39 is 0 Å². The summed E-state index contributed by atoms with van der Waals surface area (Å²) in [7, 11) is 0. The van der Waals surface area contributed by atoms with Crippen molar-refractivity contribution in [3.05, 3.63) is 34.9 Å². The second-order valence-electron chi connectivity index (χ2n) is 3.90. The molecule has 0 saturated heterocycles. The zero-order valence-corrected chi connectivity index (χ0v) is 7.88. The predicted molar refractivity (Wildman–Crippen MR) is 52.3 cm³/mol. The van der Waals surface area contributed by atoms with Crippen molar-refractivity contribution in [2.24, 2.45) is 5.92 Å². The average Bonchev–Trinajstić information content (AvgIpc) is 2.92. The first-order valence-electron chi connectivity index (χ1n) is 4.79. The minimum atomic E-state index is 0.775. The maximum absolute atomic E-state index is 8.70. The fourth-order valence-electron chi connectivity index (χ4n) is 1.63. The van der Waals surface area contributed by atoms with Crippen LogP contribution in [0.15, 0.2) is 18.2 Å². The molecule has 1 heteroatoms. The predicted octanol–water partition coefficient (Wildman–Crippen LogP) is 2.82. The first-order valence-corrected chi connectivity index (χ1v) is 4.79. The summed E-state index contributed by atoms with van der Waals surface area (Å²) in [5.41, 5.74) is 3.46. The van der Waals surface area contributed by atoms with Crippen molar-refractivity contribution >= 4 is 0 Å². The molecule has 1 saturated carbocycles. The molecule has 0 atom stereocenters. The van der Waals surface area contributed by atoms with Gasteiger partial charge in [-0.3, -0.25) is 0 Å². The highest BCUT2D eigenvalue weighted by atomic mass is 14.3. The summed E-state index contributed by atoms with van der Waals surface area (Å²) in [4.78, 5) is 0. The van der Waals surface area contributed by atoms with Crippen molar-refractivity contribution in [3.8, 4) is 6.07 Å². The van der Waals surface area contributed by atoms with Gasteiger partial charge in [-0.1, -0.05) is 6.07 Å². The Morgan fingerprint density at radius 3 is 2.77 bits per heavy atom. The molecule has 1 nitrogen and oxygen atoms in total. The lowest BCUT2D eigenvalue weighted by atomic mass is 10.0. The van der Waals surface area contributed by atoms with Gasteiger partial charge in [-0.15, -0.1) is 0 Å². The van der Waals surface area contributed by atoms with Crippen LogP contribution in [0.3, 0.4) is 0 Å². The molecule has 0 amide bonds. The lowest BCUT2D eigenvalue weighted by Gasteiger charge is -2.04.